The molecule has 1 aromatic heterocycles. The molecular formula is C14H21N3O3S. The minimum Gasteiger partial charge on any atom is -0.393 e. The minimum atomic E-state index is -0.448. The monoisotopic (exact) mass is 311 g/mol. The van der Waals surface area contributed by atoms with Crippen LogP contribution in [-0.2, 0) is 0 Å². The summed E-state index contributed by atoms with van der Waals surface area (Å²) in [5, 5.41) is 13.2. The van der Waals surface area contributed by atoms with E-state index in [1.807, 2.05) is 0 Å². The summed E-state index contributed by atoms with van der Waals surface area (Å²) in [4.78, 5) is 30.1. The van der Waals surface area contributed by atoms with Crippen molar-refractivity contribution in [3.63, 3.8) is 0 Å². The Morgan fingerprint density at radius 3 is 2.86 bits per heavy atom. The molecule has 2 atom stereocenters. The molecule has 1 aromatic rings. The first-order chi connectivity index (χ1) is 10.0. The summed E-state index contributed by atoms with van der Waals surface area (Å²) in [6, 6.07) is 0. The number of hydrogen-bond donors (Lipinski definition) is 3. The number of amides is 1. The van der Waals surface area contributed by atoms with Crippen molar-refractivity contribution in [2.75, 3.05) is 12.8 Å². The van der Waals surface area contributed by atoms with Gasteiger partial charge in [0.05, 0.1) is 11.7 Å². The van der Waals surface area contributed by atoms with Crippen LogP contribution in [0.3, 0.4) is 0 Å². The van der Waals surface area contributed by atoms with Gasteiger partial charge in [-0.15, -0.1) is 11.8 Å². The van der Waals surface area contributed by atoms with Gasteiger partial charge >= 0.3 is 5.69 Å². The quantitative estimate of drug-likeness (QED) is 0.571. The lowest BCUT2D eigenvalue weighted by molar-refractivity contribution is 0.0662. The Balaban J connectivity index is 2.08. The van der Waals surface area contributed by atoms with Gasteiger partial charge in [0, 0.05) is 18.2 Å². The van der Waals surface area contributed by atoms with Gasteiger partial charge in [-0.25, -0.2) is 4.79 Å². The number of H-pyrrole nitrogens is 1. The van der Waals surface area contributed by atoms with Gasteiger partial charge < -0.3 is 15.4 Å². The van der Waals surface area contributed by atoms with Crippen LogP contribution in [0.1, 0.15) is 41.7 Å². The average molecular weight is 311 g/mol. The summed E-state index contributed by atoms with van der Waals surface area (Å²) in [5.41, 5.74) is 0.476. The molecule has 1 fully saturated rings. The number of nitrogens with zero attached hydrogens (tertiary/aromatic N) is 1. The van der Waals surface area contributed by atoms with Gasteiger partial charge in [-0.05, 0) is 26.0 Å². The van der Waals surface area contributed by atoms with Gasteiger partial charge in [-0.2, -0.15) is 4.98 Å². The van der Waals surface area contributed by atoms with Crippen molar-refractivity contribution < 1.29 is 9.90 Å². The van der Waals surface area contributed by atoms with E-state index in [9.17, 15) is 14.7 Å². The van der Waals surface area contributed by atoms with E-state index in [1.54, 1.807) is 13.2 Å². The number of hydrogen-bond acceptors (Lipinski definition) is 5. The number of aliphatic hydroxyl groups is 1. The van der Waals surface area contributed by atoms with E-state index in [0.29, 0.717) is 22.8 Å². The maximum Gasteiger partial charge on any atom is 0.346 e. The zero-order valence-electron chi connectivity index (χ0n) is 12.3. The Labute approximate surface area is 127 Å². The van der Waals surface area contributed by atoms with Crippen LogP contribution in [0.15, 0.2) is 9.82 Å². The molecule has 1 aliphatic rings. The molecule has 0 bridgehead atoms. The minimum absolute atomic E-state index is 0.108. The van der Waals surface area contributed by atoms with Crippen LogP contribution >= 0.6 is 11.8 Å². The predicted octanol–water partition coefficient (Wildman–Crippen LogP) is 1.08. The van der Waals surface area contributed by atoms with Crippen molar-refractivity contribution in [3.8, 4) is 0 Å². The van der Waals surface area contributed by atoms with Crippen LogP contribution in [0.4, 0.5) is 0 Å². The molecule has 2 rings (SSSR count). The number of aromatic amines is 1. The highest BCUT2D eigenvalue weighted by atomic mass is 32.2. The van der Waals surface area contributed by atoms with E-state index in [0.717, 1.165) is 25.7 Å². The molecule has 0 spiro atoms. The van der Waals surface area contributed by atoms with Gasteiger partial charge in [-0.1, -0.05) is 12.8 Å². The van der Waals surface area contributed by atoms with Crippen molar-refractivity contribution in [1.29, 1.82) is 0 Å². The molecule has 0 saturated heterocycles. The van der Waals surface area contributed by atoms with Crippen LogP contribution < -0.4 is 11.0 Å². The molecule has 7 heteroatoms. The number of aryl methyl sites for hydroxylation is 1. The van der Waals surface area contributed by atoms with Crippen LogP contribution in [0.25, 0.3) is 0 Å². The van der Waals surface area contributed by atoms with E-state index in [4.69, 9.17) is 0 Å². The molecule has 2 unspecified atom stereocenters. The fraction of sp³-hybridized carbons (Fsp3) is 0.643. The standard InChI is InChI=1S/C14H21N3O3S/c1-8-11(13(21-2)17-14(20)16-8)12(19)15-7-9-5-3-4-6-10(9)18/h9-10,18H,3-7H2,1-2H3,(H,15,19)(H,16,17,20). The molecule has 1 heterocycles. The Morgan fingerprint density at radius 1 is 1.48 bits per heavy atom. The average Bonchev–Trinajstić information content (AvgIpc) is 2.45. The molecule has 1 amide bonds. The number of carbonyl (C=O) groups excluding carboxylic acids is 1. The van der Waals surface area contributed by atoms with E-state index in [-0.39, 0.29) is 17.9 Å². The molecule has 0 radical (unpaired) electrons. The van der Waals surface area contributed by atoms with Gasteiger partial charge in [-0.3, -0.25) is 4.79 Å². The van der Waals surface area contributed by atoms with E-state index in [1.165, 1.54) is 11.8 Å². The topological polar surface area (TPSA) is 95.1 Å². The lowest BCUT2D eigenvalue weighted by Gasteiger charge is -2.27. The number of carbonyl (C=O) groups is 1. The van der Waals surface area contributed by atoms with Gasteiger partial charge in [0.2, 0.25) is 0 Å². The molecule has 21 heavy (non-hydrogen) atoms. The van der Waals surface area contributed by atoms with Gasteiger partial charge in [0.15, 0.2) is 0 Å². The highest BCUT2D eigenvalue weighted by Crippen LogP contribution is 2.24. The highest BCUT2D eigenvalue weighted by molar-refractivity contribution is 7.98. The van der Waals surface area contributed by atoms with Gasteiger partial charge in [0.25, 0.3) is 5.91 Å². The summed E-state index contributed by atoms with van der Waals surface area (Å²) in [6.45, 7) is 2.14. The van der Waals surface area contributed by atoms with Crippen molar-refractivity contribution in [2.24, 2.45) is 5.92 Å². The third-order valence-electron chi connectivity index (χ3n) is 3.90. The number of aliphatic hydroxyl groups excluding tert-OH is 1. The lowest BCUT2D eigenvalue weighted by atomic mass is 9.86. The zero-order chi connectivity index (χ0) is 15.4. The Kier molecular flexibility index (Phi) is 5.41. The first kappa shape index (κ1) is 16.0. The number of nitrogens with one attached hydrogen (secondary N) is 2. The zero-order valence-corrected chi connectivity index (χ0v) is 13.1. The fourth-order valence-corrected chi connectivity index (χ4v) is 3.34. The second kappa shape index (κ2) is 7.09. The first-order valence-corrected chi connectivity index (χ1v) is 8.36. The van der Waals surface area contributed by atoms with Crippen molar-refractivity contribution in [2.45, 2.75) is 43.7 Å². The first-order valence-electron chi connectivity index (χ1n) is 7.14. The molecule has 1 aliphatic carbocycles. The Hall–Kier alpha value is -1.34. The summed E-state index contributed by atoms with van der Waals surface area (Å²) < 4.78 is 0. The second-order valence-corrected chi connectivity index (χ2v) is 6.17. The van der Waals surface area contributed by atoms with E-state index >= 15 is 0 Å². The second-order valence-electron chi connectivity index (χ2n) is 5.37. The largest absolute Gasteiger partial charge is 0.393 e. The molecule has 6 nitrogen and oxygen atoms in total. The summed E-state index contributed by atoms with van der Waals surface area (Å²) in [7, 11) is 0. The third-order valence-corrected chi connectivity index (χ3v) is 4.58. The smallest absolute Gasteiger partial charge is 0.346 e. The molecule has 0 aliphatic heterocycles. The SMILES string of the molecule is CSc1nc(=O)[nH]c(C)c1C(=O)NCC1CCCCC1O. The van der Waals surface area contributed by atoms with Crippen LogP contribution in [0.5, 0.6) is 0 Å². The van der Waals surface area contributed by atoms with Crippen LogP contribution in [0.2, 0.25) is 0 Å². The summed E-state index contributed by atoms with van der Waals surface area (Å²) in [5.74, 6) is -0.144. The van der Waals surface area contributed by atoms with Crippen molar-refractivity contribution >= 4 is 17.7 Å². The molecular weight excluding hydrogens is 290 g/mol. The Bertz CT molecular complexity index is 573. The van der Waals surface area contributed by atoms with Crippen LogP contribution in [-0.4, -0.2) is 39.9 Å². The van der Waals surface area contributed by atoms with Gasteiger partial charge in [0.1, 0.15) is 5.03 Å². The summed E-state index contributed by atoms with van der Waals surface area (Å²) >= 11 is 1.27. The van der Waals surface area contributed by atoms with E-state index in [2.05, 4.69) is 15.3 Å². The predicted molar refractivity (Wildman–Crippen MR) is 81.7 cm³/mol. The molecule has 116 valence electrons. The lowest BCUT2D eigenvalue weighted by Crippen LogP contribution is -2.37. The maximum absolute atomic E-state index is 12.3. The maximum atomic E-state index is 12.3. The molecule has 1 saturated carbocycles. The Morgan fingerprint density at radius 2 is 2.19 bits per heavy atom. The van der Waals surface area contributed by atoms with Crippen LogP contribution in [0, 0.1) is 12.8 Å². The molecule has 0 aromatic carbocycles. The normalized spacial score (nSPS) is 22.0. The highest BCUT2D eigenvalue weighted by Gasteiger charge is 2.24. The molecule has 3 N–H and O–H groups in total. The number of thioether (sulfide) groups is 1. The fourth-order valence-electron chi connectivity index (χ4n) is 2.71. The van der Waals surface area contributed by atoms with Crippen molar-refractivity contribution in [3.05, 3.63) is 21.7 Å². The number of aromatic nitrogens is 2. The third kappa shape index (κ3) is 3.85. The van der Waals surface area contributed by atoms with E-state index < -0.39 is 5.69 Å². The summed E-state index contributed by atoms with van der Waals surface area (Å²) in [6.07, 6.45) is 5.31. The van der Waals surface area contributed by atoms with Crippen molar-refractivity contribution in [1.82, 2.24) is 15.3 Å². The number of rotatable bonds is 4.